The van der Waals surface area contributed by atoms with Crippen molar-refractivity contribution in [3.05, 3.63) is 34.9 Å². The summed E-state index contributed by atoms with van der Waals surface area (Å²) in [5, 5.41) is 9.70. The standard InChI is InChI=1S/C11H15ClO3S/c1-3-10(16(2,14)15)11(13)8-5-4-6-9(12)7-8/h4-7,10-11,13H,3H2,1-2H3/t10-,11-/m1/s1. The summed E-state index contributed by atoms with van der Waals surface area (Å²) in [6.07, 6.45) is 0.472. The summed E-state index contributed by atoms with van der Waals surface area (Å²) < 4.78 is 22.9. The Bertz CT molecular complexity index is 456. The molecule has 0 spiro atoms. The van der Waals surface area contributed by atoms with Crippen LogP contribution in [0, 0.1) is 0 Å². The van der Waals surface area contributed by atoms with Gasteiger partial charge in [0.25, 0.3) is 0 Å². The minimum absolute atomic E-state index is 0.368. The average Bonchev–Trinajstić information content (AvgIpc) is 2.16. The molecule has 0 saturated carbocycles. The fraction of sp³-hybridized carbons (Fsp3) is 0.455. The average molecular weight is 263 g/mol. The Balaban J connectivity index is 3.05. The summed E-state index contributed by atoms with van der Waals surface area (Å²) in [5.74, 6) is 0. The van der Waals surface area contributed by atoms with Crippen molar-refractivity contribution < 1.29 is 13.5 Å². The third-order valence-corrected chi connectivity index (χ3v) is 4.42. The zero-order valence-electron chi connectivity index (χ0n) is 9.22. The minimum atomic E-state index is -3.27. The van der Waals surface area contributed by atoms with E-state index in [0.29, 0.717) is 17.0 Å². The van der Waals surface area contributed by atoms with E-state index in [1.54, 1.807) is 31.2 Å². The highest BCUT2D eigenvalue weighted by Gasteiger charge is 2.28. The lowest BCUT2D eigenvalue weighted by Gasteiger charge is -2.20. The largest absolute Gasteiger partial charge is 0.387 e. The third kappa shape index (κ3) is 3.20. The summed E-state index contributed by atoms with van der Waals surface area (Å²) in [6, 6.07) is 6.62. The second kappa shape index (κ2) is 5.17. The maximum absolute atomic E-state index is 11.5. The van der Waals surface area contributed by atoms with Crippen molar-refractivity contribution in [2.75, 3.05) is 6.26 Å². The van der Waals surface area contributed by atoms with E-state index < -0.39 is 21.2 Å². The van der Waals surface area contributed by atoms with Crippen LogP contribution in [0.3, 0.4) is 0 Å². The van der Waals surface area contributed by atoms with Gasteiger partial charge in [-0.25, -0.2) is 8.42 Å². The van der Waals surface area contributed by atoms with Gasteiger partial charge in [0.1, 0.15) is 0 Å². The molecule has 0 radical (unpaired) electrons. The van der Waals surface area contributed by atoms with E-state index >= 15 is 0 Å². The van der Waals surface area contributed by atoms with Crippen LogP contribution in [0.15, 0.2) is 24.3 Å². The Morgan fingerprint density at radius 1 is 1.44 bits per heavy atom. The number of rotatable bonds is 4. The van der Waals surface area contributed by atoms with Gasteiger partial charge in [-0.15, -0.1) is 0 Å². The van der Waals surface area contributed by atoms with Crippen molar-refractivity contribution in [2.45, 2.75) is 24.7 Å². The number of benzene rings is 1. The molecule has 0 aliphatic rings. The lowest BCUT2D eigenvalue weighted by molar-refractivity contribution is 0.169. The van der Waals surface area contributed by atoms with E-state index in [-0.39, 0.29) is 0 Å². The molecule has 1 aromatic carbocycles. The number of sulfone groups is 1. The SMILES string of the molecule is CC[C@H]([C@H](O)c1cccc(Cl)c1)S(C)(=O)=O. The lowest BCUT2D eigenvalue weighted by Crippen LogP contribution is -2.26. The van der Waals surface area contributed by atoms with E-state index in [4.69, 9.17) is 11.6 Å². The molecule has 0 bridgehead atoms. The summed E-state index contributed by atoms with van der Waals surface area (Å²) in [5.41, 5.74) is 0.532. The first-order valence-corrected chi connectivity index (χ1v) is 7.32. The summed E-state index contributed by atoms with van der Waals surface area (Å²) in [4.78, 5) is 0. The fourth-order valence-electron chi connectivity index (χ4n) is 1.67. The fourth-order valence-corrected chi connectivity index (χ4v) is 3.10. The zero-order chi connectivity index (χ0) is 12.3. The predicted octanol–water partition coefficient (Wildman–Crippen LogP) is 2.20. The summed E-state index contributed by atoms with van der Waals surface area (Å²) >= 11 is 5.79. The van der Waals surface area contributed by atoms with E-state index in [1.807, 2.05) is 0 Å². The number of aliphatic hydroxyl groups excluding tert-OH is 1. The van der Waals surface area contributed by atoms with Crippen molar-refractivity contribution >= 4 is 21.4 Å². The Morgan fingerprint density at radius 2 is 2.06 bits per heavy atom. The van der Waals surface area contributed by atoms with Gasteiger partial charge in [0, 0.05) is 11.3 Å². The molecule has 3 nitrogen and oxygen atoms in total. The molecule has 0 unspecified atom stereocenters. The number of aliphatic hydroxyl groups is 1. The highest BCUT2D eigenvalue weighted by Crippen LogP contribution is 2.25. The van der Waals surface area contributed by atoms with Crippen LogP contribution in [0.4, 0.5) is 0 Å². The molecule has 90 valence electrons. The van der Waals surface area contributed by atoms with Crippen molar-refractivity contribution in [1.29, 1.82) is 0 Å². The minimum Gasteiger partial charge on any atom is -0.387 e. The monoisotopic (exact) mass is 262 g/mol. The Morgan fingerprint density at radius 3 is 2.50 bits per heavy atom. The van der Waals surface area contributed by atoms with Crippen molar-refractivity contribution in [3.63, 3.8) is 0 Å². The first kappa shape index (κ1) is 13.5. The molecule has 1 N–H and O–H groups in total. The highest BCUT2D eigenvalue weighted by atomic mass is 35.5. The van der Waals surface area contributed by atoms with Crippen LogP contribution >= 0.6 is 11.6 Å². The third-order valence-electron chi connectivity index (χ3n) is 2.49. The molecule has 5 heteroatoms. The normalized spacial score (nSPS) is 15.8. The van der Waals surface area contributed by atoms with Gasteiger partial charge >= 0.3 is 0 Å². The van der Waals surface area contributed by atoms with E-state index in [9.17, 15) is 13.5 Å². The molecule has 1 rings (SSSR count). The zero-order valence-corrected chi connectivity index (χ0v) is 10.8. The van der Waals surface area contributed by atoms with Gasteiger partial charge in [-0.2, -0.15) is 0 Å². The van der Waals surface area contributed by atoms with Gasteiger partial charge in [0.05, 0.1) is 11.4 Å². The molecule has 0 heterocycles. The molecular weight excluding hydrogens is 248 g/mol. The smallest absolute Gasteiger partial charge is 0.153 e. The van der Waals surface area contributed by atoms with Crippen LogP contribution in [0.25, 0.3) is 0 Å². The highest BCUT2D eigenvalue weighted by molar-refractivity contribution is 7.91. The van der Waals surface area contributed by atoms with Crippen LogP contribution in [-0.4, -0.2) is 25.0 Å². The van der Waals surface area contributed by atoms with Crippen LogP contribution in [0.1, 0.15) is 25.0 Å². The van der Waals surface area contributed by atoms with Crippen LogP contribution in [0.5, 0.6) is 0 Å². The maximum atomic E-state index is 11.5. The lowest BCUT2D eigenvalue weighted by atomic mass is 10.1. The second-order valence-corrected chi connectivity index (χ2v) is 6.48. The van der Waals surface area contributed by atoms with Crippen LogP contribution < -0.4 is 0 Å². The van der Waals surface area contributed by atoms with E-state index in [2.05, 4.69) is 0 Å². The second-order valence-electron chi connectivity index (χ2n) is 3.78. The molecule has 0 fully saturated rings. The van der Waals surface area contributed by atoms with E-state index in [1.165, 1.54) is 0 Å². The van der Waals surface area contributed by atoms with E-state index in [0.717, 1.165) is 6.26 Å². The topological polar surface area (TPSA) is 54.4 Å². The van der Waals surface area contributed by atoms with Crippen molar-refractivity contribution in [3.8, 4) is 0 Å². The van der Waals surface area contributed by atoms with Gasteiger partial charge in [-0.1, -0.05) is 30.7 Å². The quantitative estimate of drug-likeness (QED) is 0.905. The van der Waals surface area contributed by atoms with Gasteiger partial charge in [0.15, 0.2) is 9.84 Å². The predicted molar refractivity (Wildman–Crippen MR) is 65.3 cm³/mol. The Labute approximate surface area is 101 Å². The summed E-state index contributed by atoms with van der Waals surface area (Å²) in [6.45, 7) is 1.74. The molecule has 0 saturated heterocycles. The summed E-state index contributed by atoms with van der Waals surface area (Å²) in [7, 11) is -3.27. The Kier molecular flexibility index (Phi) is 4.35. The first-order chi connectivity index (χ1) is 7.36. The molecule has 1 aromatic rings. The molecule has 16 heavy (non-hydrogen) atoms. The van der Waals surface area contributed by atoms with Gasteiger partial charge in [-0.05, 0) is 24.1 Å². The van der Waals surface area contributed by atoms with Gasteiger partial charge in [-0.3, -0.25) is 0 Å². The Hall–Kier alpha value is -0.580. The molecule has 2 atom stereocenters. The van der Waals surface area contributed by atoms with Crippen LogP contribution in [-0.2, 0) is 9.84 Å². The van der Waals surface area contributed by atoms with Crippen molar-refractivity contribution in [2.24, 2.45) is 0 Å². The van der Waals surface area contributed by atoms with Crippen molar-refractivity contribution in [1.82, 2.24) is 0 Å². The first-order valence-electron chi connectivity index (χ1n) is 4.98. The number of hydrogen-bond donors (Lipinski definition) is 1. The number of hydrogen-bond acceptors (Lipinski definition) is 3. The van der Waals surface area contributed by atoms with Gasteiger partial charge < -0.3 is 5.11 Å². The van der Waals surface area contributed by atoms with Crippen LogP contribution in [0.2, 0.25) is 5.02 Å². The molecule has 0 aromatic heterocycles. The number of halogens is 1. The molecule has 0 aliphatic heterocycles. The maximum Gasteiger partial charge on any atom is 0.153 e. The molecule has 0 aliphatic carbocycles. The molecular formula is C11H15ClO3S. The van der Waals surface area contributed by atoms with Gasteiger partial charge in [0.2, 0.25) is 0 Å². The molecule has 0 amide bonds.